The van der Waals surface area contributed by atoms with Crippen LogP contribution in [-0.2, 0) is 14.8 Å². The van der Waals surface area contributed by atoms with Crippen molar-refractivity contribution >= 4 is 50.6 Å². The smallest absolute Gasteiger partial charge is 0.263 e. The summed E-state index contributed by atoms with van der Waals surface area (Å²) in [6.07, 6.45) is 0.179. The van der Waals surface area contributed by atoms with Gasteiger partial charge in [0.15, 0.2) is 11.0 Å². The number of anilines is 2. The predicted molar refractivity (Wildman–Crippen MR) is 88.3 cm³/mol. The van der Waals surface area contributed by atoms with Gasteiger partial charge in [-0.2, -0.15) is 0 Å². The van der Waals surface area contributed by atoms with Gasteiger partial charge in [-0.25, -0.2) is 8.42 Å². The molecule has 0 spiro atoms. The molecule has 2 aromatic rings. The highest BCUT2D eigenvalue weighted by Crippen LogP contribution is 2.17. The van der Waals surface area contributed by atoms with E-state index < -0.39 is 10.0 Å². The molecule has 1 amide bonds. The van der Waals surface area contributed by atoms with E-state index in [1.807, 2.05) is 0 Å². The van der Waals surface area contributed by atoms with E-state index in [0.29, 0.717) is 5.69 Å². The van der Waals surface area contributed by atoms with Gasteiger partial charge in [0, 0.05) is 18.0 Å². The van der Waals surface area contributed by atoms with Crippen LogP contribution in [0.15, 0.2) is 41.3 Å². The number of nitrogens with one attached hydrogen (secondary N) is 2. The zero-order valence-corrected chi connectivity index (χ0v) is 14.0. The van der Waals surface area contributed by atoms with Crippen LogP contribution in [0.25, 0.3) is 0 Å². The SMILES string of the molecule is O=C(CCCl)Nc1ccc(S(=O)(=O)Nc2ccc(Cl)nn2)cc1. The highest BCUT2D eigenvalue weighted by molar-refractivity contribution is 7.92. The summed E-state index contributed by atoms with van der Waals surface area (Å²) in [6.45, 7) is 0. The summed E-state index contributed by atoms with van der Waals surface area (Å²) in [6, 6.07) is 8.50. The van der Waals surface area contributed by atoms with Crippen molar-refractivity contribution in [1.29, 1.82) is 0 Å². The lowest BCUT2D eigenvalue weighted by Crippen LogP contribution is -2.15. The fourth-order valence-corrected chi connectivity index (χ4v) is 2.86. The van der Waals surface area contributed by atoms with Crippen molar-refractivity contribution < 1.29 is 13.2 Å². The molecule has 10 heteroatoms. The molecule has 23 heavy (non-hydrogen) atoms. The number of benzene rings is 1. The van der Waals surface area contributed by atoms with Crippen molar-refractivity contribution in [2.75, 3.05) is 15.9 Å². The van der Waals surface area contributed by atoms with Crippen molar-refractivity contribution in [3.63, 3.8) is 0 Å². The summed E-state index contributed by atoms with van der Waals surface area (Å²) in [4.78, 5) is 11.4. The maximum atomic E-state index is 12.2. The first kappa shape index (κ1) is 17.5. The number of rotatable bonds is 6. The van der Waals surface area contributed by atoms with Crippen LogP contribution in [-0.4, -0.2) is 30.4 Å². The number of sulfonamides is 1. The molecular weight excluding hydrogens is 363 g/mol. The molecule has 1 aromatic heterocycles. The van der Waals surface area contributed by atoms with Gasteiger partial charge in [-0.05, 0) is 36.4 Å². The van der Waals surface area contributed by atoms with E-state index in [-0.39, 0.29) is 34.1 Å². The molecule has 0 radical (unpaired) electrons. The van der Waals surface area contributed by atoms with Crippen molar-refractivity contribution in [2.24, 2.45) is 0 Å². The summed E-state index contributed by atoms with van der Waals surface area (Å²) < 4.78 is 26.7. The molecule has 122 valence electrons. The van der Waals surface area contributed by atoms with E-state index in [1.165, 1.54) is 36.4 Å². The zero-order valence-electron chi connectivity index (χ0n) is 11.7. The number of amides is 1. The van der Waals surface area contributed by atoms with Gasteiger partial charge in [0.05, 0.1) is 4.90 Å². The molecule has 0 aliphatic carbocycles. The van der Waals surface area contributed by atoms with Gasteiger partial charge in [-0.3, -0.25) is 9.52 Å². The minimum absolute atomic E-state index is 0.0181. The fourth-order valence-electron chi connectivity index (χ4n) is 1.59. The summed E-state index contributed by atoms with van der Waals surface area (Å²) in [7, 11) is -3.81. The van der Waals surface area contributed by atoms with E-state index in [1.54, 1.807) is 0 Å². The molecule has 0 atom stereocenters. The van der Waals surface area contributed by atoms with Crippen molar-refractivity contribution in [3.8, 4) is 0 Å². The molecule has 0 saturated carbocycles. The maximum Gasteiger partial charge on any atom is 0.263 e. The van der Waals surface area contributed by atoms with E-state index >= 15 is 0 Å². The van der Waals surface area contributed by atoms with E-state index in [9.17, 15) is 13.2 Å². The standard InChI is InChI=1S/C13H12Cl2N4O3S/c14-8-7-13(20)16-9-1-3-10(4-2-9)23(21,22)19-12-6-5-11(15)17-18-12/h1-6H,7-8H2,(H,16,20)(H,18,19). The first-order valence-electron chi connectivity index (χ1n) is 6.38. The third-order valence-corrected chi connectivity index (χ3v) is 4.40. The van der Waals surface area contributed by atoms with Crippen LogP contribution in [0.3, 0.4) is 0 Å². The van der Waals surface area contributed by atoms with Crippen LogP contribution in [0.2, 0.25) is 5.15 Å². The number of hydrogen-bond acceptors (Lipinski definition) is 5. The van der Waals surface area contributed by atoms with Gasteiger partial charge in [-0.1, -0.05) is 11.6 Å². The van der Waals surface area contributed by atoms with Crippen LogP contribution in [0.5, 0.6) is 0 Å². The summed E-state index contributed by atoms with van der Waals surface area (Å²) >= 11 is 11.1. The Kier molecular flexibility index (Phi) is 5.75. The van der Waals surface area contributed by atoms with Gasteiger partial charge < -0.3 is 5.32 Å². The molecule has 2 N–H and O–H groups in total. The van der Waals surface area contributed by atoms with Gasteiger partial charge >= 0.3 is 0 Å². The first-order valence-corrected chi connectivity index (χ1v) is 8.78. The first-order chi connectivity index (χ1) is 10.9. The molecule has 0 aliphatic rings. The number of carbonyl (C=O) groups excluding carboxylic acids is 1. The van der Waals surface area contributed by atoms with Gasteiger partial charge in [0.25, 0.3) is 10.0 Å². The molecule has 2 rings (SSSR count). The van der Waals surface area contributed by atoms with Crippen molar-refractivity contribution in [3.05, 3.63) is 41.6 Å². The van der Waals surface area contributed by atoms with E-state index in [0.717, 1.165) is 0 Å². The molecule has 1 heterocycles. The normalized spacial score (nSPS) is 11.0. The van der Waals surface area contributed by atoms with Crippen LogP contribution in [0, 0.1) is 0 Å². The fraction of sp³-hybridized carbons (Fsp3) is 0.154. The average molecular weight is 375 g/mol. The van der Waals surface area contributed by atoms with Gasteiger partial charge in [0.2, 0.25) is 5.91 Å². The number of aromatic nitrogens is 2. The topological polar surface area (TPSA) is 101 Å². The van der Waals surface area contributed by atoms with Crippen LogP contribution < -0.4 is 10.0 Å². The third kappa shape index (κ3) is 5.05. The molecule has 0 unspecified atom stereocenters. The minimum atomic E-state index is -3.81. The van der Waals surface area contributed by atoms with E-state index in [2.05, 4.69) is 20.2 Å². The van der Waals surface area contributed by atoms with Gasteiger partial charge in [0.1, 0.15) is 0 Å². The molecule has 1 aromatic carbocycles. The monoisotopic (exact) mass is 374 g/mol. The van der Waals surface area contributed by atoms with Crippen molar-refractivity contribution in [2.45, 2.75) is 11.3 Å². The quantitative estimate of drug-likeness (QED) is 0.756. The zero-order chi connectivity index (χ0) is 16.9. The Morgan fingerprint density at radius 1 is 1.09 bits per heavy atom. The van der Waals surface area contributed by atoms with E-state index in [4.69, 9.17) is 23.2 Å². The average Bonchev–Trinajstić information content (AvgIpc) is 2.50. The molecule has 0 fully saturated rings. The number of nitrogens with zero attached hydrogens (tertiary/aromatic N) is 2. The Bertz CT molecular complexity index is 780. The Morgan fingerprint density at radius 2 is 1.78 bits per heavy atom. The molecule has 0 saturated heterocycles. The van der Waals surface area contributed by atoms with Crippen molar-refractivity contribution in [1.82, 2.24) is 10.2 Å². The highest BCUT2D eigenvalue weighted by atomic mass is 35.5. The Hall–Kier alpha value is -1.90. The maximum absolute atomic E-state index is 12.2. The predicted octanol–water partition coefficient (Wildman–Crippen LogP) is 2.50. The second-order valence-corrected chi connectivity index (χ2v) is 6.81. The van der Waals surface area contributed by atoms with Crippen LogP contribution in [0.4, 0.5) is 11.5 Å². The minimum Gasteiger partial charge on any atom is -0.326 e. The molecular formula is C13H12Cl2N4O3S. The number of hydrogen-bond donors (Lipinski definition) is 2. The number of halogens is 2. The molecule has 7 nitrogen and oxygen atoms in total. The van der Waals surface area contributed by atoms with Gasteiger partial charge in [-0.15, -0.1) is 21.8 Å². The largest absolute Gasteiger partial charge is 0.326 e. The lowest BCUT2D eigenvalue weighted by Gasteiger charge is -2.08. The number of carbonyl (C=O) groups is 1. The third-order valence-electron chi connectivity index (χ3n) is 2.64. The molecule has 0 bridgehead atoms. The second kappa shape index (κ2) is 7.58. The Balaban J connectivity index is 2.11. The van der Waals surface area contributed by atoms with Crippen LogP contribution >= 0.6 is 23.2 Å². The lowest BCUT2D eigenvalue weighted by atomic mass is 10.3. The Labute approximate surface area is 143 Å². The summed E-state index contributed by atoms with van der Waals surface area (Å²) in [5.74, 6) is 0.0173. The summed E-state index contributed by atoms with van der Waals surface area (Å²) in [5.41, 5.74) is 0.477. The Morgan fingerprint density at radius 3 is 2.35 bits per heavy atom. The summed E-state index contributed by atoms with van der Waals surface area (Å²) in [5, 5.41) is 9.94. The lowest BCUT2D eigenvalue weighted by molar-refractivity contribution is -0.115. The molecule has 0 aliphatic heterocycles. The highest BCUT2D eigenvalue weighted by Gasteiger charge is 2.15. The number of alkyl halides is 1. The van der Waals surface area contributed by atoms with Crippen LogP contribution in [0.1, 0.15) is 6.42 Å². The second-order valence-electron chi connectivity index (χ2n) is 4.36.